The van der Waals surface area contributed by atoms with Crippen molar-refractivity contribution in [2.75, 3.05) is 0 Å². The second kappa shape index (κ2) is 10.6. The highest BCUT2D eigenvalue weighted by Crippen LogP contribution is 2.35. The van der Waals surface area contributed by atoms with Gasteiger partial charge in [-0.1, -0.05) is 36.9 Å². The average molecular weight is 543 g/mol. The lowest BCUT2D eigenvalue weighted by Crippen LogP contribution is -2.21. The van der Waals surface area contributed by atoms with Crippen LogP contribution in [-0.2, 0) is 0 Å². The number of pyridine rings is 2. The molecule has 6 rings (SSSR count). The van der Waals surface area contributed by atoms with E-state index in [1.807, 2.05) is 55.6 Å². The van der Waals surface area contributed by atoms with Gasteiger partial charge in [-0.05, 0) is 68.0 Å². The summed E-state index contributed by atoms with van der Waals surface area (Å²) in [4.78, 5) is 27.8. The summed E-state index contributed by atoms with van der Waals surface area (Å²) in [7, 11) is 0. The smallest absolute Gasteiger partial charge is 0.255 e. The Morgan fingerprint density at radius 3 is 2.62 bits per heavy atom. The van der Waals surface area contributed by atoms with Crippen molar-refractivity contribution >= 4 is 44.8 Å². The number of H-pyrrole nitrogens is 2. The summed E-state index contributed by atoms with van der Waals surface area (Å²) in [5.41, 5.74) is 7.30. The summed E-state index contributed by atoms with van der Waals surface area (Å²) in [6, 6.07) is 19.5. The molecule has 0 fully saturated rings. The molecule has 0 bridgehead atoms. The molecular weight excluding hydrogens is 516 g/mol. The fourth-order valence-electron chi connectivity index (χ4n) is 4.67. The average Bonchev–Trinajstić information content (AvgIpc) is 3.70. The van der Waals surface area contributed by atoms with Gasteiger partial charge < -0.3 is 10.3 Å². The predicted molar refractivity (Wildman–Crippen MR) is 163 cm³/mol. The first-order valence-corrected chi connectivity index (χ1v) is 13.6. The van der Waals surface area contributed by atoms with Gasteiger partial charge >= 0.3 is 0 Å². The summed E-state index contributed by atoms with van der Waals surface area (Å²) in [5.74, 6) is -0.164. The Labute approximate surface area is 235 Å². The van der Waals surface area contributed by atoms with Crippen molar-refractivity contribution in [2.24, 2.45) is 0 Å². The quantitative estimate of drug-likeness (QED) is 0.183. The highest BCUT2D eigenvalue weighted by atomic mass is 32.1. The fraction of sp³-hybridized carbons (Fsp3) is 0.0625. The van der Waals surface area contributed by atoms with Gasteiger partial charge in [-0.25, -0.2) is 4.98 Å². The normalized spacial score (nSPS) is 12.2. The third-order valence-corrected chi connectivity index (χ3v) is 7.55. The maximum atomic E-state index is 12.6. The molecule has 0 spiro atoms. The topological polar surface area (TPSA) is 99.3 Å². The van der Waals surface area contributed by atoms with Gasteiger partial charge in [-0.3, -0.25) is 14.9 Å². The summed E-state index contributed by atoms with van der Waals surface area (Å²) >= 11 is 1.73. The van der Waals surface area contributed by atoms with E-state index in [1.54, 1.807) is 35.7 Å². The minimum absolute atomic E-state index is 0.164. The molecular formula is C32H26N6OS. The van der Waals surface area contributed by atoms with Gasteiger partial charge in [-0.15, -0.1) is 11.3 Å². The zero-order valence-corrected chi connectivity index (χ0v) is 22.8. The number of aromatic amines is 2. The molecule has 0 aliphatic rings. The van der Waals surface area contributed by atoms with Crippen molar-refractivity contribution in [3.05, 3.63) is 120 Å². The van der Waals surface area contributed by atoms with E-state index >= 15 is 0 Å². The van der Waals surface area contributed by atoms with Crippen molar-refractivity contribution in [3.63, 3.8) is 0 Å². The molecule has 0 radical (unpaired) electrons. The standard InChI is InChI=1S/C32H26N6OS/c1-4-8-22(15-19(2)35-32(39)21-9-6-5-7-10-21)23-16-25-29(37-38-31(25)34-18-23)27-17-24-26(36-27)13-14-33-30(24)28-12-11-20(3)40-28/h4-18,36H,1H2,2-3H3,(H,35,39)(H,34,37,38)/b19-15+,22-8+. The summed E-state index contributed by atoms with van der Waals surface area (Å²) in [6.45, 7) is 7.83. The van der Waals surface area contributed by atoms with Crippen LogP contribution in [0.4, 0.5) is 0 Å². The largest absolute Gasteiger partial charge is 0.353 e. The zero-order valence-electron chi connectivity index (χ0n) is 22.0. The van der Waals surface area contributed by atoms with E-state index in [-0.39, 0.29) is 5.91 Å². The van der Waals surface area contributed by atoms with E-state index < -0.39 is 0 Å². The van der Waals surface area contributed by atoms with Crippen LogP contribution in [0.15, 0.2) is 104 Å². The summed E-state index contributed by atoms with van der Waals surface area (Å²) in [5, 5.41) is 12.5. The van der Waals surface area contributed by atoms with Crippen molar-refractivity contribution in [3.8, 4) is 22.0 Å². The van der Waals surface area contributed by atoms with Gasteiger partial charge in [0.1, 0.15) is 5.69 Å². The highest BCUT2D eigenvalue weighted by molar-refractivity contribution is 7.15. The maximum Gasteiger partial charge on any atom is 0.255 e. The molecule has 1 amide bonds. The van der Waals surface area contributed by atoms with Crippen LogP contribution >= 0.6 is 11.3 Å². The number of nitrogens with one attached hydrogen (secondary N) is 3. The van der Waals surface area contributed by atoms with Crippen LogP contribution in [0, 0.1) is 6.92 Å². The first kappa shape index (κ1) is 25.2. The second-order valence-electron chi connectivity index (χ2n) is 9.41. The molecule has 0 saturated carbocycles. The molecule has 7 nitrogen and oxygen atoms in total. The summed E-state index contributed by atoms with van der Waals surface area (Å²) < 4.78 is 0. The number of rotatable bonds is 7. The SMILES string of the molecule is C=C/C=C(\C=C(/C)NC(=O)c1ccccc1)c1cnc2[nH]nc(-c3cc4c(-c5ccc(C)s5)nccc4[nH]3)c2c1. The van der Waals surface area contributed by atoms with E-state index in [4.69, 9.17) is 0 Å². The van der Waals surface area contributed by atoms with Crippen LogP contribution in [0.25, 0.3) is 49.5 Å². The number of thiophene rings is 1. The number of hydrogen-bond acceptors (Lipinski definition) is 5. The minimum Gasteiger partial charge on any atom is -0.353 e. The third-order valence-electron chi connectivity index (χ3n) is 6.54. The second-order valence-corrected chi connectivity index (χ2v) is 10.7. The molecule has 6 aromatic rings. The van der Waals surface area contributed by atoms with E-state index in [0.717, 1.165) is 49.4 Å². The lowest BCUT2D eigenvalue weighted by atomic mass is 10.0. The number of benzene rings is 1. The van der Waals surface area contributed by atoms with E-state index in [0.29, 0.717) is 16.9 Å². The lowest BCUT2D eigenvalue weighted by molar-refractivity contribution is 0.0966. The molecule has 0 saturated heterocycles. The maximum absolute atomic E-state index is 12.6. The number of fused-ring (bicyclic) bond motifs is 2. The lowest BCUT2D eigenvalue weighted by Gasteiger charge is -2.08. The highest BCUT2D eigenvalue weighted by Gasteiger charge is 2.16. The number of aromatic nitrogens is 5. The Kier molecular flexibility index (Phi) is 6.67. The fourth-order valence-corrected chi connectivity index (χ4v) is 5.55. The van der Waals surface area contributed by atoms with Crippen LogP contribution in [0.3, 0.4) is 0 Å². The molecule has 40 heavy (non-hydrogen) atoms. The first-order valence-electron chi connectivity index (χ1n) is 12.8. The molecule has 196 valence electrons. The number of aryl methyl sites for hydroxylation is 1. The Morgan fingerprint density at radius 2 is 1.85 bits per heavy atom. The zero-order chi connectivity index (χ0) is 27.6. The number of amides is 1. The molecule has 0 aliphatic carbocycles. The van der Waals surface area contributed by atoms with Crippen molar-refractivity contribution in [2.45, 2.75) is 13.8 Å². The van der Waals surface area contributed by atoms with Gasteiger partial charge in [0.25, 0.3) is 5.91 Å². The molecule has 0 aliphatic heterocycles. The Bertz CT molecular complexity index is 1940. The van der Waals surface area contributed by atoms with Crippen LogP contribution in [-0.4, -0.2) is 31.1 Å². The van der Waals surface area contributed by atoms with Gasteiger partial charge in [0.15, 0.2) is 5.65 Å². The van der Waals surface area contributed by atoms with Crippen molar-refractivity contribution in [1.29, 1.82) is 0 Å². The molecule has 5 heterocycles. The third kappa shape index (κ3) is 4.88. The predicted octanol–water partition coefficient (Wildman–Crippen LogP) is 7.44. The van der Waals surface area contributed by atoms with Crippen LogP contribution in [0.1, 0.15) is 27.7 Å². The molecule has 3 N–H and O–H groups in total. The molecule has 0 atom stereocenters. The number of carbonyl (C=O) groups is 1. The molecule has 5 aromatic heterocycles. The number of nitrogens with zero attached hydrogens (tertiary/aromatic N) is 3. The monoisotopic (exact) mass is 542 g/mol. The minimum atomic E-state index is -0.164. The van der Waals surface area contributed by atoms with E-state index in [9.17, 15) is 4.79 Å². The van der Waals surface area contributed by atoms with Gasteiger partial charge in [-0.2, -0.15) is 5.10 Å². The molecule has 8 heteroatoms. The van der Waals surface area contributed by atoms with Gasteiger partial charge in [0, 0.05) is 50.4 Å². The first-order chi connectivity index (χ1) is 19.5. The summed E-state index contributed by atoms with van der Waals surface area (Å²) in [6.07, 6.45) is 9.14. The van der Waals surface area contributed by atoms with Crippen molar-refractivity contribution < 1.29 is 4.79 Å². The van der Waals surface area contributed by atoms with Gasteiger partial charge in [0.2, 0.25) is 0 Å². The van der Waals surface area contributed by atoms with E-state index in [1.165, 1.54) is 4.88 Å². The Hall–Kier alpha value is -5.08. The van der Waals surface area contributed by atoms with Crippen LogP contribution in [0.5, 0.6) is 0 Å². The van der Waals surface area contributed by atoms with Gasteiger partial charge in [0.05, 0.1) is 16.3 Å². The molecule has 1 aromatic carbocycles. The number of carbonyl (C=O) groups excluding carboxylic acids is 1. The number of allylic oxidation sites excluding steroid dienone is 5. The van der Waals surface area contributed by atoms with E-state index in [2.05, 4.69) is 62.2 Å². The Morgan fingerprint density at radius 1 is 1.00 bits per heavy atom. The Balaban J connectivity index is 1.36. The van der Waals surface area contributed by atoms with Crippen LogP contribution in [0.2, 0.25) is 0 Å². The number of hydrogen-bond donors (Lipinski definition) is 3. The molecule has 0 unspecified atom stereocenters. The van der Waals surface area contributed by atoms with Crippen LogP contribution < -0.4 is 5.32 Å². The van der Waals surface area contributed by atoms with Crippen molar-refractivity contribution in [1.82, 2.24) is 30.5 Å².